The Morgan fingerprint density at radius 3 is 2.54 bits per heavy atom. The van der Waals surface area contributed by atoms with Crippen LogP contribution in [0.3, 0.4) is 0 Å². The van der Waals surface area contributed by atoms with Crippen LogP contribution in [0.15, 0.2) is 48.2 Å². The van der Waals surface area contributed by atoms with Crippen LogP contribution in [0.4, 0.5) is 5.69 Å². The van der Waals surface area contributed by atoms with E-state index >= 15 is 0 Å². The number of nitrogens with zero attached hydrogens (tertiary/aromatic N) is 1. The third-order valence-corrected chi connectivity index (χ3v) is 4.07. The first-order valence-corrected chi connectivity index (χ1v) is 8.37. The Kier molecular flexibility index (Phi) is 6.65. The van der Waals surface area contributed by atoms with Crippen molar-refractivity contribution >= 4 is 23.2 Å². The average molecular weight is 370 g/mol. The molecule has 0 atom stereocenters. The highest BCUT2D eigenvalue weighted by molar-refractivity contribution is 6.33. The predicted octanol–water partition coefficient (Wildman–Crippen LogP) is 4.10. The van der Waals surface area contributed by atoms with Crippen molar-refractivity contribution in [2.24, 2.45) is 0 Å². The summed E-state index contributed by atoms with van der Waals surface area (Å²) in [5, 5.41) is 15.5. The molecule has 26 heavy (non-hydrogen) atoms. The van der Waals surface area contributed by atoms with Crippen LogP contribution in [-0.2, 0) is 11.3 Å². The summed E-state index contributed by atoms with van der Waals surface area (Å²) in [6.07, 6.45) is 1.37. The molecule has 5 nitrogen and oxygen atoms in total. The van der Waals surface area contributed by atoms with E-state index in [9.17, 15) is 10.1 Å². The van der Waals surface area contributed by atoms with Crippen molar-refractivity contribution in [2.75, 3.05) is 12.4 Å². The summed E-state index contributed by atoms with van der Waals surface area (Å²) in [4.78, 5) is 12.2. The Bertz CT molecular complexity index is 845. The number of hydrogen-bond donors (Lipinski definition) is 2. The summed E-state index contributed by atoms with van der Waals surface area (Å²) in [5.41, 5.74) is 3.52. The van der Waals surface area contributed by atoms with Gasteiger partial charge in [-0.25, -0.2) is 0 Å². The lowest BCUT2D eigenvalue weighted by atomic mass is 10.1. The topological polar surface area (TPSA) is 74.1 Å². The summed E-state index contributed by atoms with van der Waals surface area (Å²) in [6.45, 7) is 4.17. The SMILES string of the molecule is COc1ccc(CNC(=O)/C(C#N)=C\Nc2c(C)cc(C)cc2Cl)cc1. The molecule has 0 heterocycles. The first kappa shape index (κ1) is 19.4. The van der Waals surface area contributed by atoms with Gasteiger partial charge in [-0.1, -0.05) is 29.8 Å². The number of nitriles is 1. The molecule has 0 aliphatic carbocycles. The van der Waals surface area contributed by atoms with Gasteiger partial charge in [0.1, 0.15) is 17.4 Å². The van der Waals surface area contributed by atoms with E-state index in [1.807, 2.05) is 56.3 Å². The molecule has 0 aliphatic heterocycles. The van der Waals surface area contributed by atoms with Crippen LogP contribution in [0, 0.1) is 25.2 Å². The number of methoxy groups -OCH3 is 1. The van der Waals surface area contributed by atoms with Gasteiger partial charge in [-0.3, -0.25) is 4.79 Å². The van der Waals surface area contributed by atoms with Crippen molar-refractivity contribution in [2.45, 2.75) is 20.4 Å². The Hall–Kier alpha value is -2.97. The van der Waals surface area contributed by atoms with Crippen molar-refractivity contribution in [3.05, 3.63) is 69.9 Å². The smallest absolute Gasteiger partial charge is 0.263 e. The number of halogens is 1. The molecule has 2 rings (SSSR count). The lowest BCUT2D eigenvalue weighted by Gasteiger charge is -2.10. The van der Waals surface area contributed by atoms with Crippen LogP contribution in [-0.4, -0.2) is 13.0 Å². The molecule has 0 saturated heterocycles. The minimum absolute atomic E-state index is 0.0328. The second-order valence-electron chi connectivity index (χ2n) is 5.78. The van der Waals surface area contributed by atoms with E-state index in [0.29, 0.717) is 17.3 Å². The van der Waals surface area contributed by atoms with E-state index in [0.717, 1.165) is 22.4 Å². The first-order chi connectivity index (χ1) is 12.4. The largest absolute Gasteiger partial charge is 0.497 e. The number of ether oxygens (including phenoxy) is 1. The van der Waals surface area contributed by atoms with E-state index in [-0.39, 0.29) is 5.57 Å². The molecule has 0 spiro atoms. The third-order valence-electron chi connectivity index (χ3n) is 3.77. The van der Waals surface area contributed by atoms with Crippen molar-refractivity contribution < 1.29 is 9.53 Å². The van der Waals surface area contributed by atoms with Gasteiger partial charge in [0, 0.05) is 12.7 Å². The van der Waals surface area contributed by atoms with Crippen LogP contribution in [0.5, 0.6) is 5.75 Å². The van der Waals surface area contributed by atoms with Crippen LogP contribution in [0.2, 0.25) is 5.02 Å². The molecule has 2 aromatic rings. The van der Waals surface area contributed by atoms with E-state index in [4.69, 9.17) is 16.3 Å². The molecule has 2 N–H and O–H groups in total. The van der Waals surface area contributed by atoms with Crippen molar-refractivity contribution in [1.82, 2.24) is 5.32 Å². The monoisotopic (exact) mass is 369 g/mol. The zero-order valence-electron chi connectivity index (χ0n) is 14.9. The zero-order valence-corrected chi connectivity index (χ0v) is 15.6. The van der Waals surface area contributed by atoms with Crippen LogP contribution < -0.4 is 15.4 Å². The Morgan fingerprint density at radius 2 is 1.96 bits per heavy atom. The number of aryl methyl sites for hydroxylation is 2. The summed E-state index contributed by atoms with van der Waals surface area (Å²) in [6, 6.07) is 13.0. The molecule has 134 valence electrons. The molecule has 0 bridgehead atoms. The fourth-order valence-electron chi connectivity index (χ4n) is 2.41. The maximum atomic E-state index is 12.2. The fourth-order valence-corrected chi connectivity index (χ4v) is 2.79. The van der Waals surface area contributed by atoms with Gasteiger partial charge in [-0.15, -0.1) is 0 Å². The number of anilines is 1. The number of carbonyl (C=O) groups is 1. The highest BCUT2D eigenvalue weighted by atomic mass is 35.5. The van der Waals surface area contributed by atoms with E-state index in [2.05, 4.69) is 10.6 Å². The van der Waals surface area contributed by atoms with E-state index in [1.54, 1.807) is 7.11 Å². The lowest BCUT2D eigenvalue weighted by molar-refractivity contribution is -0.117. The van der Waals surface area contributed by atoms with Gasteiger partial charge in [-0.2, -0.15) is 5.26 Å². The Balaban J connectivity index is 2.04. The minimum atomic E-state index is -0.461. The van der Waals surface area contributed by atoms with Crippen LogP contribution in [0.1, 0.15) is 16.7 Å². The molecule has 0 aromatic heterocycles. The zero-order chi connectivity index (χ0) is 19.1. The third kappa shape index (κ3) is 5.01. The maximum Gasteiger partial charge on any atom is 0.263 e. The molecule has 0 radical (unpaired) electrons. The number of hydrogen-bond acceptors (Lipinski definition) is 4. The van der Waals surface area contributed by atoms with Gasteiger partial charge in [0.2, 0.25) is 0 Å². The van der Waals surface area contributed by atoms with Gasteiger partial charge in [0.25, 0.3) is 5.91 Å². The van der Waals surface area contributed by atoms with E-state index in [1.165, 1.54) is 6.20 Å². The average Bonchev–Trinajstić information content (AvgIpc) is 2.62. The molecular weight excluding hydrogens is 350 g/mol. The molecule has 2 aromatic carbocycles. The van der Waals surface area contributed by atoms with Crippen molar-refractivity contribution in [1.29, 1.82) is 5.26 Å². The second-order valence-corrected chi connectivity index (χ2v) is 6.19. The molecule has 0 unspecified atom stereocenters. The maximum absolute atomic E-state index is 12.2. The summed E-state index contributed by atoms with van der Waals surface area (Å²) in [5.74, 6) is 0.281. The molecule has 1 amide bonds. The minimum Gasteiger partial charge on any atom is -0.497 e. The second kappa shape index (κ2) is 8.93. The number of benzene rings is 2. The molecule has 0 fully saturated rings. The van der Waals surface area contributed by atoms with E-state index < -0.39 is 5.91 Å². The summed E-state index contributed by atoms with van der Waals surface area (Å²) >= 11 is 6.22. The van der Waals surface area contributed by atoms with Gasteiger partial charge in [-0.05, 0) is 48.7 Å². The number of nitrogens with one attached hydrogen (secondary N) is 2. The fraction of sp³-hybridized carbons (Fsp3) is 0.200. The highest BCUT2D eigenvalue weighted by Gasteiger charge is 2.10. The van der Waals surface area contributed by atoms with Crippen LogP contribution >= 0.6 is 11.6 Å². The quantitative estimate of drug-likeness (QED) is 0.593. The predicted molar refractivity (Wildman–Crippen MR) is 103 cm³/mol. The molecule has 0 aliphatic rings. The first-order valence-electron chi connectivity index (χ1n) is 7.99. The lowest BCUT2D eigenvalue weighted by Crippen LogP contribution is -2.24. The van der Waals surface area contributed by atoms with Gasteiger partial charge in [0.05, 0.1) is 17.8 Å². The molecular formula is C20H20ClN3O2. The standard InChI is InChI=1S/C20H20ClN3O2/c1-13-8-14(2)19(18(21)9-13)23-12-16(10-22)20(25)24-11-15-4-6-17(26-3)7-5-15/h4-9,12,23H,11H2,1-3H3,(H,24,25)/b16-12-. The molecule has 6 heteroatoms. The Labute approximate surface area is 158 Å². The van der Waals surface area contributed by atoms with Gasteiger partial charge in [0.15, 0.2) is 0 Å². The number of carbonyl (C=O) groups excluding carboxylic acids is 1. The van der Waals surface area contributed by atoms with Gasteiger partial charge >= 0.3 is 0 Å². The number of amides is 1. The highest BCUT2D eigenvalue weighted by Crippen LogP contribution is 2.27. The van der Waals surface area contributed by atoms with Crippen molar-refractivity contribution in [3.63, 3.8) is 0 Å². The Morgan fingerprint density at radius 1 is 1.27 bits per heavy atom. The normalized spacial score (nSPS) is 10.8. The van der Waals surface area contributed by atoms with Crippen molar-refractivity contribution in [3.8, 4) is 11.8 Å². The van der Waals surface area contributed by atoms with Crippen LogP contribution in [0.25, 0.3) is 0 Å². The molecule has 0 saturated carbocycles. The summed E-state index contributed by atoms with van der Waals surface area (Å²) in [7, 11) is 1.59. The number of rotatable bonds is 6. The summed E-state index contributed by atoms with van der Waals surface area (Å²) < 4.78 is 5.09. The van der Waals surface area contributed by atoms with Gasteiger partial charge < -0.3 is 15.4 Å².